The maximum atomic E-state index is 7.62. The molecule has 0 bridgehead atoms. The van der Waals surface area contributed by atoms with E-state index >= 15 is 0 Å². The van der Waals surface area contributed by atoms with Crippen molar-refractivity contribution < 1.29 is 10.2 Å². The lowest BCUT2D eigenvalue weighted by Crippen LogP contribution is -1.86. The van der Waals surface area contributed by atoms with E-state index in [0.29, 0.717) is 0 Å². The standard InChI is InChI=1S/C24H42.C2H6O2/c1-2-3-4-5-6-7-8-9-10-11-12-13-14-15-16-18-21-24-22-19-17-20-23-24;3-1-2-4/h17,19-20,22-23H,2-16,18,21H2,1H3;3-4H,1-2H2. The van der Waals surface area contributed by atoms with E-state index in [9.17, 15) is 0 Å². The van der Waals surface area contributed by atoms with Crippen LogP contribution in [-0.2, 0) is 6.42 Å². The molecule has 1 aromatic rings. The first kappa shape index (κ1) is 27.1. The Labute approximate surface area is 175 Å². The van der Waals surface area contributed by atoms with Crippen molar-refractivity contribution in [3.8, 4) is 0 Å². The van der Waals surface area contributed by atoms with E-state index < -0.39 is 0 Å². The summed E-state index contributed by atoms with van der Waals surface area (Å²) in [4.78, 5) is 0. The van der Waals surface area contributed by atoms with Gasteiger partial charge in [-0.05, 0) is 18.4 Å². The largest absolute Gasteiger partial charge is 0.394 e. The van der Waals surface area contributed by atoms with Crippen LogP contribution in [0.15, 0.2) is 30.3 Å². The Balaban J connectivity index is 0.00000165. The second-order valence-corrected chi connectivity index (χ2v) is 7.99. The van der Waals surface area contributed by atoms with Crippen molar-refractivity contribution in [1.82, 2.24) is 0 Å². The van der Waals surface area contributed by atoms with Gasteiger partial charge in [-0.15, -0.1) is 0 Å². The van der Waals surface area contributed by atoms with Gasteiger partial charge in [0, 0.05) is 0 Å². The van der Waals surface area contributed by atoms with Crippen molar-refractivity contribution in [3.63, 3.8) is 0 Å². The van der Waals surface area contributed by atoms with E-state index in [4.69, 9.17) is 10.2 Å². The summed E-state index contributed by atoms with van der Waals surface area (Å²) in [7, 11) is 0. The van der Waals surface area contributed by atoms with Gasteiger partial charge in [0.05, 0.1) is 13.2 Å². The lowest BCUT2D eigenvalue weighted by atomic mass is 10.0. The Hall–Kier alpha value is -0.860. The molecule has 0 spiro atoms. The van der Waals surface area contributed by atoms with Crippen LogP contribution in [0.3, 0.4) is 0 Å². The Morgan fingerprint density at radius 1 is 0.500 bits per heavy atom. The summed E-state index contributed by atoms with van der Waals surface area (Å²) in [5.41, 5.74) is 1.50. The van der Waals surface area contributed by atoms with Crippen LogP contribution in [0.4, 0.5) is 0 Å². The predicted molar refractivity (Wildman–Crippen MR) is 124 cm³/mol. The highest BCUT2D eigenvalue weighted by atomic mass is 16.3. The minimum Gasteiger partial charge on any atom is -0.394 e. The zero-order valence-electron chi connectivity index (χ0n) is 18.7. The van der Waals surface area contributed by atoms with Crippen molar-refractivity contribution in [2.24, 2.45) is 0 Å². The van der Waals surface area contributed by atoms with E-state index in [-0.39, 0.29) is 13.2 Å². The third kappa shape index (κ3) is 21.4. The van der Waals surface area contributed by atoms with E-state index in [1.807, 2.05) is 0 Å². The number of aliphatic hydroxyl groups is 2. The summed E-state index contributed by atoms with van der Waals surface area (Å²) in [5.74, 6) is 0. The molecule has 2 N–H and O–H groups in total. The Morgan fingerprint density at radius 3 is 1.21 bits per heavy atom. The topological polar surface area (TPSA) is 40.5 Å². The summed E-state index contributed by atoms with van der Waals surface area (Å²) in [5, 5.41) is 15.2. The van der Waals surface area contributed by atoms with Gasteiger partial charge >= 0.3 is 0 Å². The Kier molecular flexibility index (Phi) is 23.4. The van der Waals surface area contributed by atoms with Crippen molar-refractivity contribution in [1.29, 1.82) is 0 Å². The summed E-state index contributed by atoms with van der Waals surface area (Å²) >= 11 is 0. The second-order valence-electron chi connectivity index (χ2n) is 7.99. The molecule has 0 fully saturated rings. The zero-order valence-corrected chi connectivity index (χ0v) is 18.7. The van der Waals surface area contributed by atoms with Gasteiger partial charge in [-0.1, -0.05) is 134 Å². The molecule has 2 nitrogen and oxygen atoms in total. The van der Waals surface area contributed by atoms with Gasteiger partial charge in [-0.25, -0.2) is 0 Å². The van der Waals surface area contributed by atoms with Gasteiger partial charge in [0.15, 0.2) is 0 Å². The van der Waals surface area contributed by atoms with Crippen LogP contribution in [0.5, 0.6) is 0 Å². The van der Waals surface area contributed by atoms with Crippen molar-refractivity contribution >= 4 is 0 Å². The predicted octanol–water partition coefficient (Wildman–Crippen LogP) is 7.46. The van der Waals surface area contributed by atoms with Crippen molar-refractivity contribution in [3.05, 3.63) is 35.9 Å². The first-order chi connectivity index (χ1) is 13.8. The molecule has 28 heavy (non-hydrogen) atoms. The molecule has 0 atom stereocenters. The number of hydrogen-bond donors (Lipinski definition) is 2. The van der Waals surface area contributed by atoms with E-state index in [1.54, 1.807) is 0 Å². The fraction of sp³-hybridized carbons (Fsp3) is 0.769. The molecule has 0 aromatic heterocycles. The maximum Gasteiger partial charge on any atom is 0.0662 e. The number of hydrogen-bond acceptors (Lipinski definition) is 2. The Bertz CT molecular complexity index is 375. The van der Waals surface area contributed by atoms with Crippen molar-refractivity contribution in [2.75, 3.05) is 13.2 Å². The van der Waals surface area contributed by atoms with Crippen LogP contribution in [0.1, 0.15) is 115 Å². The zero-order chi connectivity index (χ0) is 20.5. The Morgan fingerprint density at radius 2 is 0.857 bits per heavy atom. The third-order valence-electron chi connectivity index (χ3n) is 5.26. The second kappa shape index (κ2) is 24.2. The molecule has 0 aliphatic rings. The van der Waals surface area contributed by atoms with Crippen LogP contribution in [-0.4, -0.2) is 23.4 Å². The lowest BCUT2D eigenvalue weighted by molar-refractivity contribution is 0.186. The summed E-state index contributed by atoms with van der Waals surface area (Å²) < 4.78 is 0. The number of aryl methyl sites for hydroxylation is 1. The maximum absolute atomic E-state index is 7.62. The summed E-state index contributed by atoms with van der Waals surface area (Å²) in [6.45, 7) is 2.05. The molecular formula is C26H48O2. The molecular weight excluding hydrogens is 344 g/mol. The minimum absolute atomic E-state index is 0.125. The summed E-state index contributed by atoms with van der Waals surface area (Å²) in [6.07, 6.45) is 24.4. The van der Waals surface area contributed by atoms with Crippen LogP contribution in [0.2, 0.25) is 0 Å². The third-order valence-corrected chi connectivity index (χ3v) is 5.26. The highest BCUT2D eigenvalue weighted by molar-refractivity contribution is 5.14. The van der Waals surface area contributed by atoms with Gasteiger partial charge in [-0.3, -0.25) is 0 Å². The fourth-order valence-electron chi connectivity index (χ4n) is 3.52. The lowest BCUT2D eigenvalue weighted by Gasteiger charge is -2.04. The molecule has 0 amide bonds. The molecule has 0 radical (unpaired) electrons. The minimum atomic E-state index is -0.125. The van der Waals surface area contributed by atoms with Crippen LogP contribution >= 0.6 is 0 Å². The monoisotopic (exact) mass is 392 g/mol. The molecule has 0 aliphatic heterocycles. The molecule has 0 saturated carbocycles. The number of unbranched alkanes of at least 4 members (excludes halogenated alkanes) is 15. The highest BCUT2D eigenvalue weighted by Gasteiger charge is 1.95. The first-order valence-corrected chi connectivity index (χ1v) is 12.1. The fourth-order valence-corrected chi connectivity index (χ4v) is 3.52. The molecule has 164 valence electrons. The van der Waals surface area contributed by atoms with Gasteiger partial charge < -0.3 is 10.2 Å². The molecule has 2 heteroatoms. The molecule has 1 rings (SSSR count). The normalized spacial score (nSPS) is 10.5. The van der Waals surface area contributed by atoms with Gasteiger partial charge in [0.2, 0.25) is 0 Å². The van der Waals surface area contributed by atoms with Crippen LogP contribution < -0.4 is 0 Å². The summed E-state index contributed by atoms with van der Waals surface area (Å²) in [6, 6.07) is 10.9. The number of benzene rings is 1. The van der Waals surface area contributed by atoms with Gasteiger partial charge in [-0.2, -0.15) is 0 Å². The van der Waals surface area contributed by atoms with Crippen LogP contribution in [0, 0.1) is 0 Å². The van der Waals surface area contributed by atoms with Gasteiger partial charge in [0.25, 0.3) is 0 Å². The van der Waals surface area contributed by atoms with E-state index in [1.165, 1.54) is 115 Å². The average molecular weight is 393 g/mol. The van der Waals surface area contributed by atoms with Gasteiger partial charge in [0.1, 0.15) is 0 Å². The first-order valence-electron chi connectivity index (χ1n) is 12.1. The number of aliphatic hydroxyl groups excluding tert-OH is 2. The molecule has 0 aliphatic carbocycles. The molecule has 0 heterocycles. The smallest absolute Gasteiger partial charge is 0.0662 e. The molecule has 0 unspecified atom stereocenters. The van der Waals surface area contributed by atoms with E-state index in [2.05, 4.69) is 37.3 Å². The SMILES string of the molecule is CCCCCCCCCCCCCCCCCCc1ccccc1.OCCO. The average Bonchev–Trinajstić information content (AvgIpc) is 2.74. The molecule has 1 aromatic carbocycles. The van der Waals surface area contributed by atoms with Crippen molar-refractivity contribution in [2.45, 2.75) is 116 Å². The van der Waals surface area contributed by atoms with E-state index in [0.717, 1.165) is 0 Å². The quantitative estimate of drug-likeness (QED) is 0.254. The van der Waals surface area contributed by atoms with Crippen LogP contribution in [0.25, 0.3) is 0 Å². The molecule has 0 saturated heterocycles. The highest BCUT2D eigenvalue weighted by Crippen LogP contribution is 2.14. The number of rotatable bonds is 18.